The van der Waals surface area contributed by atoms with Crippen molar-refractivity contribution < 1.29 is 21.9 Å². The molecule has 7 heteroatoms. The van der Waals surface area contributed by atoms with Gasteiger partial charge in [0, 0.05) is 11.6 Å². The third-order valence-electron chi connectivity index (χ3n) is 3.21. The van der Waals surface area contributed by atoms with E-state index in [2.05, 4.69) is 10.6 Å². The van der Waals surface area contributed by atoms with E-state index < -0.39 is 0 Å². The van der Waals surface area contributed by atoms with Gasteiger partial charge < -0.3 is 17.1 Å². The van der Waals surface area contributed by atoms with Crippen LogP contribution in [0.15, 0.2) is 40.6 Å². The maximum atomic E-state index is 12.1. The fourth-order valence-corrected chi connectivity index (χ4v) is 5.85. The number of rotatable bonds is 4. The minimum absolute atomic E-state index is 0. The van der Waals surface area contributed by atoms with Crippen LogP contribution in [0, 0.1) is 0 Å². The molecule has 0 radical (unpaired) electrons. The highest BCUT2D eigenvalue weighted by Gasteiger charge is 2.14. The van der Waals surface area contributed by atoms with Gasteiger partial charge >= 0.3 is 0 Å². The van der Waals surface area contributed by atoms with Gasteiger partial charge in [0.15, 0.2) is 18.9 Å². The highest BCUT2D eigenvalue weighted by Crippen LogP contribution is 2.24. The Morgan fingerprint density at radius 1 is 1.18 bits per heavy atom. The Bertz CT molecular complexity index is 673. The zero-order valence-electron chi connectivity index (χ0n) is 11.9. The van der Waals surface area contributed by atoms with Gasteiger partial charge in [-0.25, -0.2) is 4.58 Å². The highest BCUT2D eigenvalue weighted by molar-refractivity contribution is 8.03. The first-order chi connectivity index (χ1) is 10.3. The summed E-state index contributed by atoms with van der Waals surface area (Å²) in [6.45, 7) is 3.52. The number of hydrogen-bond donors (Lipinski definition) is 0. The van der Waals surface area contributed by atoms with Crippen LogP contribution in [0.2, 0.25) is 0 Å². The molecule has 118 valence electrons. The molecule has 22 heavy (non-hydrogen) atoms. The molecule has 1 aliphatic rings. The van der Waals surface area contributed by atoms with Crippen LogP contribution < -0.4 is 21.7 Å². The molecule has 0 atom stereocenters. The number of morpholine rings is 1. The van der Waals surface area contributed by atoms with Crippen LogP contribution in [0.5, 0.6) is 0 Å². The van der Waals surface area contributed by atoms with Gasteiger partial charge in [-0.15, -0.1) is 11.8 Å². The first-order valence-corrected chi connectivity index (χ1v) is 9.93. The molecular weight excluding hydrogens is 358 g/mol. The summed E-state index contributed by atoms with van der Waals surface area (Å²) in [5, 5.41) is 0. The summed E-state index contributed by atoms with van der Waals surface area (Å²) in [7, 11) is 3.53. The predicted molar refractivity (Wildman–Crippen MR) is 89.5 cm³/mol. The first kappa shape index (κ1) is 17.7. The summed E-state index contributed by atoms with van der Waals surface area (Å²) in [6, 6.07) is 11.7. The number of nitrogens with zero attached hydrogens (tertiary/aromatic N) is 1. The third kappa shape index (κ3) is 4.67. The smallest absolute Gasteiger partial charge is 0.268 e. The van der Waals surface area contributed by atoms with Gasteiger partial charge in [0.05, 0.1) is 9.96 Å². The Morgan fingerprint density at radius 3 is 2.64 bits per heavy atom. The number of carbonyl (C=O) groups excluding carboxylic acids is 1. The fourth-order valence-electron chi connectivity index (χ4n) is 2.07. The SMILES string of the molecule is O=C(CSc1cc(=[N+]2CCOCC2)ss1)c1ccccc1.[Cl-]. The van der Waals surface area contributed by atoms with Crippen molar-refractivity contribution in [2.75, 3.05) is 32.1 Å². The Balaban J connectivity index is 0.00000176. The largest absolute Gasteiger partial charge is 1.00 e. The highest BCUT2D eigenvalue weighted by atomic mass is 35.5. The molecule has 2 aromatic rings. The van der Waals surface area contributed by atoms with E-state index in [1.54, 1.807) is 32.4 Å². The summed E-state index contributed by atoms with van der Waals surface area (Å²) >= 11 is 1.63. The van der Waals surface area contributed by atoms with E-state index in [0.29, 0.717) is 5.75 Å². The number of thioether (sulfide) groups is 1. The first-order valence-electron chi connectivity index (χ1n) is 6.80. The maximum Gasteiger partial charge on any atom is 0.268 e. The number of ether oxygens (including phenoxy) is 1. The van der Waals surface area contributed by atoms with Crippen molar-refractivity contribution in [1.82, 2.24) is 4.58 Å². The lowest BCUT2D eigenvalue weighted by Crippen LogP contribution is -3.00. The van der Waals surface area contributed by atoms with Crippen molar-refractivity contribution >= 4 is 38.2 Å². The number of carbonyl (C=O) groups is 1. The van der Waals surface area contributed by atoms with Gasteiger partial charge in [-0.3, -0.25) is 4.79 Å². The van der Waals surface area contributed by atoms with Crippen LogP contribution in [0.3, 0.4) is 0 Å². The summed E-state index contributed by atoms with van der Waals surface area (Å²) < 4.78 is 10.2. The van der Waals surface area contributed by atoms with Crippen LogP contribution in [0.4, 0.5) is 0 Å². The topological polar surface area (TPSA) is 29.3 Å². The molecule has 0 spiro atoms. The minimum atomic E-state index is 0. The Kier molecular flexibility index (Phi) is 7.11. The number of halogens is 1. The molecule has 1 fully saturated rings. The van der Waals surface area contributed by atoms with E-state index in [1.807, 2.05) is 30.3 Å². The van der Waals surface area contributed by atoms with Crippen molar-refractivity contribution in [2.45, 2.75) is 4.21 Å². The molecule has 0 unspecified atom stereocenters. The van der Waals surface area contributed by atoms with Gasteiger partial charge in [-0.05, 0) is 10.3 Å². The molecule has 3 rings (SSSR count). The monoisotopic (exact) mass is 373 g/mol. The molecule has 0 amide bonds. The van der Waals surface area contributed by atoms with E-state index in [4.69, 9.17) is 4.74 Å². The molecule has 1 aliphatic heterocycles. The van der Waals surface area contributed by atoms with Crippen LogP contribution >= 0.6 is 32.4 Å². The van der Waals surface area contributed by atoms with E-state index in [9.17, 15) is 4.79 Å². The maximum absolute atomic E-state index is 12.1. The molecule has 1 aromatic heterocycles. The van der Waals surface area contributed by atoms with Gasteiger partial charge in [0.1, 0.15) is 13.2 Å². The van der Waals surface area contributed by atoms with Crippen molar-refractivity contribution in [2.24, 2.45) is 0 Å². The van der Waals surface area contributed by atoms with E-state index in [0.717, 1.165) is 31.9 Å². The molecule has 0 saturated carbocycles. The van der Waals surface area contributed by atoms with Crippen LogP contribution in [0.25, 0.3) is 0 Å². The van der Waals surface area contributed by atoms with E-state index in [-0.39, 0.29) is 18.2 Å². The standard InChI is InChI=1S/C15H16NO2S3.ClH/c17-13(12-4-2-1-3-5-12)11-19-15-10-14(20-21-15)16-6-8-18-9-7-16;/h1-5,10H,6-9,11H2;1H/q+1;/p-1. The lowest BCUT2D eigenvalue weighted by atomic mass is 10.2. The van der Waals surface area contributed by atoms with Crippen LogP contribution in [-0.2, 0) is 4.74 Å². The second kappa shape index (κ2) is 8.84. The second-order valence-electron chi connectivity index (χ2n) is 4.65. The molecule has 3 nitrogen and oxygen atoms in total. The van der Waals surface area contributed by atoms with Crippen molar-refractivity contribution in [3.8, 4) is 0 Å². The van der Waals surface area contributed by atoms with Crippen molar-refractivity contribution in [3.63, 3.8) is 0 Å². The summed E-state index contributed by atoms with van der Waals surface area (Å²) in [6.07, 6.45) is 0. The number of benzene rings is 1. The summed E-state index contributed by atoms with van der Waals surface area (Å²) in [5.41, 5.74) is 0.790. The minimum Gasteiger partial charge on any atom is -1.00 e. The normalized spacial score (nSPS) is 14.5. The molecule has 1 saturated heterocycles. The molecule has 0 N–H and O–H groups in total. The number of Topliss-reactive ketones (excluding diaryl/α,β-unsaturated/α-hetero) is 1. The zero-order chi connectivity index (χ0) is 14.5. The number of ketones is 1. The fraction of sp³-hybridized carbons (Fsp3) is 0.333. The average molecular weight is 374 g/mol. The Hall–Kier alpha value is -0.660. The molecule has 2 heterocycles. The number of hydrogen-bond acceptors (Lipinski definition) is 5. The van der Waals surface area contributed by atoms with Gasteiger partial charge in [-0.1, -0.05) is 40.7 Å². The summed E-state index contributed by atoms with van der Waals surface area (Å²) in [5.74, 6) is 0.687. The van der Waals surface area contributed by atoms with Crippen molar-refractivity contribution in [3.05, 3.63) is 46.6 Å². The Morgan fingerprint density at radius 2 is 1.91 bits per heavy atom. The van der Waals surface area contributed by atoms with Crippen molar-refractivity contribution in [1.29, 1.82) is 0 Å². The molecule has 0 aliphatic carbocycles. The zero-order valence-corrected chi connectivity index (χ0v) is 15.1. The van der Waals surface area contributed by atoms with E-state index in [1.165, 1.54) is 8.88 Å². The van der Waals surface area contributed by atoms with Gasteiger partial charge in [-0.2, -0.15) is 0 Å². The lowest BCUT2D eigenvalue weighted by molar-refractivity contribution is -0.0000126. The third-order valence-corrected chi connectivity index (χ3v) is 7.16. The summed E-state index contributed by atoms with van der Waals surface area (Å²) in [4.78, 5) is 12.1. The molecular formula is C15H16ClNO2S3. The average Bonchev–Trinajstić information content (AvgIpc) is 3.03. The molecule has 0 bridgehead atoms. The van der Waals surface area contributed by atoms with E-state index >= 15 is 0 Å². The van der Waals surface area contributed by atoms with Gasteiger partial charge in [0.2, 0.25) is 0 Å². The van der Waals surface area contributed by atoms with Crippen LogP contribution in [-0.4, -0.2) is 37.8 Å². The predicted octanol–water partition coefficient (Wildman–Crippen LogP) is -0.409. The lowest BCUT2D eigenvalue weighted by Gasteiger charge is -2.09. The second-order valence-corrected chi connectivity index (χ2v) is 8.11. The van der Waals surface area contributed by atoms with Gasteiger partial charge in [0.25, 0.3) is 4.67 Å². The molecule has 1 aromatic carbocycles. The van der Waals surface area contributed by atoms with Crippen LogP contribution in [0.1, 0.15) is 10.4 Å². The Labute approximate surface area is 147 Å². The quantitative estimate of drug-likeness (QED) is 0.316.